The van der Waals surface area contributed by atoms with Gasteiger partial charge in [0.05, 0.1) is 12.3 Å². The van der Waals surface area contributed by atoms with Crippen molar-refractivity contribution in [2.24, 2.45) is 12.1 Å². The number of hydrogen-bond acceptors (Lipinski definition) is 6. The van der Waals surface area contributed by atoms with Crippen LogP contribution in [0.3, 0.4) is 0 Å². The minimum Gasteiger partial charge on any atom is -0.400 e. The number of pyridine rings is 1. The van der Waals surface area contributed by atoms with Crippen LogP contribution in [0.1, 0.15) is 16.2 Å². The van der Waals surface area contributed by atoms with E-state index in [1.54, 1.807) is 24.3 Å². The van der Waals surface area contributed by atoms with E-state index in [4.69, 9.17) is 4.42 Å². The molecule has 4 aromatic rings. The van der Waals surface area contributed by atoms with Crippen LogP contribution < -0.4 is 11.0 Å². The van der Waals surface area contributed by atoms with Crippen LogP contribution in [0.4, 0.5) is 5.88 Å². The standard InChI is InChI=1S/C22H16N4O5/c1-25-20(21(27)24-23-13-15-11-12-18(31-15)26(29)30)19(14-7-3-2-4-8-14)16-9-5-6-10-17(16)22(25)28/h2-13H,1H3,(H,24,27)/b23-13+. The summed E-state index contributed by atoms with van der Waals surface area (Å²) in [5, 5.41) is 15.7. The zero-order valence-electron chi connectivity index (χ0n) is 16.3. The summed E-state index contributed by atoms with van der Waals surface area (Å²) in [7, 11) is 1.52. The Hall–Kier alpha value is -4.53. The van der Waals surface area contributed by atoms with Gasteiger partial charge in [0.1, 0.15) is 10.6 Å². The number of carbonyl (C=O) groups excluding carboxylic acids is 1. The van der Waals surface area contributed by atoms with Gasteiger partial charge in [0.15, 0.2) is 5.76 Å². The van der Waals surface area contributed by atoms with Gasteiger partial charge >= 0.3 is 5.88 Å². The fraction of sp³-hybridized carbons (Fsp3) is 0.0455. The third-order valence-electron chi connectivity index (χ3n) is 4.73. The Kier molecular flexibility index (Phi) is 5.15. The SMILES string of the molecule is Cn1c(C(=O)N/N=C/c2ccc([N+](=O)[O-])o2)c(-c2ccccc2)c2ccccc2c1=O. The van der Waals surface area contributed by atoms with E-state index in [-0.39, 0.29) is 17.0 Å². The van der Waals surface area contributed by atoms with E-state index in [0.717, 1.165) is 11.8 Å². The van der Waals surface area contributed by atoms with Gasteiger partial charge < -0.3 is 8.98 Å². The number of benzene rings is 2. The lowest BCUT2D eigenvalue weighted by Crippen LogP contribution is -2.30. The van der Waals surface area contributed by atoms with Gasteiger partial charge in [-0.25, -0.2) is 5.43 Å². The van der Waals surface area contributed by atoms with Crippen LogP contribution in [-0.4, -0.2) is 21.6 Å². The molecule has 1 N–H and O–H groups in total. The second-order valence-electron chi connectivity index (χ2n) is 6.63. The van der Waals surface area contributed by atoms with Crippen LogP contribution in [0.25, 0.3) is 21.9 Å². The number of aromatic nitrogens is 1. The highest BCUT2D eigenvalue weighted by atomic mass is 16.6. The molecule has 1 amide bonds. The molecule has 0 saturated heterocycles. The lowest BCUT2D eigenvalue weighted by molar-refractivity contribution is -0.402. The number of carbonyl (C=O) groups is 1. The van der Waals surface area contributed by atoms with E-state index in [9.17, 15) is 19.7 Å². The molecule has 0 aliphatic rings. The van der Waals surface area contributed by atoms with Crippen molar-refractivity contribution in [1.29, 1.82) is 0 Å². The highest BCUT2D eigenvalue weighted by Gasteiger charge is 2.21. The number of rotatable bonds is 5. The van der Waals surface area contributed by atoms with E-state index in [1.165, 1.54) is 23.7 Å². The lowest BCUT2D eigenvalue weighted by atomic mass is 9.96. The predicted molar refractivity (Wildman–Crippen MR) is 115 cm³/mol. The Bertz CT molecular complexity index is 1390. The van der Waals surface area contributed by atoms with Crippen molar-refractivity contribution >= 4 is 28.8 Å². The van der Waals surface area contributed by atoms with E-state index < -0.39 is 16.7 Å². The first-order valence-corrected chi connectivity index (χ1v) is 9.22. The van der Waals surface area contributed by atoms with Crippen LogP contribution in [0, 0.1) is 10.1 Å². The molecule has 2 aromatic heterocycles. The smallest absolute Gasteiger partial charge is 0.400 e. The maximum Gasteiger partial charge on any atom is 0.433 e. The van der Waals surface area contributed by atoms with Crippen molar-refractivity contribution in [2.45, 2.75) is 0 Å². The summed E-state index contributed by atoms with van der Waals surface area (Å²) < 4.78 is 6.26. The summed E-state index contributed by atoms with van der Waals surface area (Å²) in [6.45, 7) is 0. The number of fused-ring (bicyclic) bond motifs is 1. The maximum atomic E-state index is 13.0. The first-order chi connectivity index (χ1) is 15.0. The van der Waals surface area contributed by atoms with Gasteiger partial charge in [-0.15, -0.1) is 0 Å². The Labute approximate surface area is 175 Å². The molecule has 0 spiro atoms. The molecule has 9 heteroatoms. The second kappa shape index (κ2) is 8.07. The van der Waals surface area contributed by atoms with Crippen LogP contribution in [0.5, 0.6) is 0 Å². The molecule has 0 bridgehead atoms. The number of furan rings is 1. The molecule has 154 valence electrons. The summed E-state index contributed by atoms with van der Waals surface area (Å²) in [5.74, 6) is -0.944. The number of amides is 1. The van der Waals surface area contributed by atoms with E-state index in [1.807, 2.05) is 30.3 Å². The second-order valence-corrected chi connectivity index (χ2v) is 6.63. The van der Waals surface area contributed by atoms with Gasteiger partial charge in [-0.3, -0.25) is 19.7 Å². The van der Waals surface area contributed by atoms with Crippen molar-refractivity contribution in [2.75, 3.05) is 0 Å². The topological polar surface area (TPSA) is 120 Å². The fourth-order valence-electron chi connectivity index (χ4n) is 3.35. The van der Waals surface area contributed by atoms with Gasteiger partial charge in [0, 0.05) is 18.0 Å². The molecule has 4 rings (SSSR count). The largest absolute Gasteiger partial charge is 0.433 e. The van der Waals surface area contributed by atoms with Crippen molar-refractivity contribution in [3.63, 3.8) is 0 Å². The van der Waals surface area contributed by atoms with Crippen LogP contribution >= 0.6 is 0 Å². The van der Waals surface area contributed by atoms with Gasteiger partial charge in [0.25, 0.3) is 11.5 Å². The van der Waals surface area contributed by atoms with Crippen molar-refractivity contribution in [3.05, 3.63) is 98.7 Å². The number of hydrazone groups is 1. The third kappa shape index (κ3) is 3.71. The molecule has 0 aliphatic heterocycles. The molecule has 0 saturated carbocycles. The van der Waals surface area contributed by atoms with Crippen LogP contribution in [0.2, 0.25) is 0 Å². The van der Waals surface area contributed by atoms with E-state index in [2.05, 4.69) is 10.5 Å². The average Bonchev–Trinajstić information content (AvgIpc) is 3.26. The molecular formula is C22H16N4O5. The van der Waals surface area contributed by atoms with Gasteiger partial charge in [0.2, 0.25) is 0 Å². The monoisotopic (exact) mass is 416 g/mol. The quantitative estimate of drug-likeness (QED) is 0.303. The van der Waals surface area contributed by atoms with Crippen molar-refractivity contribution in [3.8, 4) is 11.1 Å². The lowest BCUT2D eigenvalue weighted by Gasteiger charge is -2.16. The average molecular weight is 416 g/mol. The summed E-state index contributed by atoms with van der Waals surface area (Å²) in [5.41, 5.74) is 3.56. The normalized spacial score (nSPS) is 11.1. The molecule has 0 fully saturated rings. The molecule has 0 unspecified atom stereocenters. The van der Waals surface area contributed by atoms with Crippen LogP contribution in [0.15, 0.2) is 81.0 Å². The Morgan fingerprint density at radius 1 is 1.06 bits per heavy atom. The minimum atomic E-state index is -0.674. The van der Waals surface area contributed by atoms with Gasteiger partial charge in [-0.1, -0.05) is 48.5 Å². The number of nitro groups is 1. The van der Waals surface area contributed by atoms with Crippen molar-refractivity contribution in [1.82, 2.24) is 9.99 Å². The van der Waals surface area contributed by atoms with Gasteiger partial charge in [-0.05, 0) is 23.1 Å². The summed E-state index contributed by atoms with van der Waals surface area (Å²) in [6.07, 6.45) is 1.15. The van der Waals surface area contributed by atoms with E-state index >= 15 is 0 Å². The first-order valence-electron chi connectivity index (χ1n) is 9.22. The van der Waals surface area contributed by atoms with E-state index in [0.29, 0.717) is 16.3 Å². The Morgan fingerprint density at radius 2 is 1.74 bits per heavy atom. The molecular weight excluding hydrogens is 400 g/mol. The van der Waals surface area contributed by atoms with Gasteiger partial charge in [-0.2, -0.15) is 5.10 Å². The number of hydrogen-bond donors (Lipinski definition) is 1. The molecule has 31 heavy (non-hydrogen) atoms. The molecule has 9 nitrogen and oxygen atoms in total. The molecule has 2 heterocycles. The molecule has 0 atom stereocenters. The molecule has 0 aliphatic carbocycles. The number of nitrogens with one attached hydrogen (secondary N) is 1. The van der Waals surface area contributed by atoms with Crippen LogP contribution in [-0.2, 0) is 7.05 Å². The molecule has 0 radical (unpaired) electrons. The zero-order valence-corrected chi connectivity index (χ0v) is 16.3. The Morgan fingerprint density at radius 3 is 2.42 bits per heavy atom. The zero-order chi connectivity index (χ0) is 22.0. The first kappa shape index (κ1) is 19.8. The Balaban J connectivity index is 1.78. The predicted octanol–water partition coefficient (Wildman–Crippen LogP) is 3.47. The maximum absolute atomic E-state index is 13.0. The molecule has 2 aromatic carbocycles. The highest BCUT2D eigenvalue weighted by molar-refractivity contribution is 6.08. The van der Waals surface area contributed by atoms with Crippen molar-refractivity contribution < 1.29 is 14.1 Å². The highest BCUT2D eigenvalue weighted by Crippen LogP contribution is 2.30. The fourth-order valence-corrected chi connectivity index (χ4v) is 3.35. The summed E-state index contributed by atoms with van der Waals surface area (Å²) >= 11 is 0. The summed E-state index contributed by atoms with van der Waals surface area (Å²) in [6, 6.07) is 18.9. The minimum absolute atomic E-state index is 0.0997. The third-order valence-corrected chi connectivity index (χ3v) is 4.73. The number of nitrogens with zero attached hydrogens (tertiary/aromatic N) is 3. The summed E-state index contributed by atoms with van der Waals surface area (Å²) in [4.78, 5) is 35.9.